The maximum Gasteiger partial charge on any atom is 0.355 e. The Labute approximate surface area is 192 Å². The molecule has 0 N–H and O–H groups in total. The number of esters is 1. The lowest BCUT2D eigenvalue weighted by Gasteiger charge is -2.21. The van der Waals surface area contributed by atoms with E-state index in [4.69, 9.17) is 14.5 Å². The Kier molecular flexibility index (Phi) is 5.31. The van der Waals surface area contributed by atoms with Crippen LogP contribution in [0, 0.1) is 6.92 Å². The second-order valence-corrected chi connectivity index (χ2v) is 7.89. The van der Waals surface area contributed by atoms with E-state index in [1.54, 1.807) is 7.11 Å². The minimum absolute atomic E-state index is 0.291. The number of hydrogen-bond acceptors (Lipinski definition) is 4. The van der Waals surface area contributed by atoms with Crippen LogP contribution in [0.5, 0.6) is 5.75 Å². The maximum absolute atomic E-state index is 13.2. The van der Waals surface area contributed by atoms with Crippen molar-refractivity contribution in [2.75, 3.05) is 13.7 Å². The Morgan fingerprint density at radius 1 is 0.970 bits per heavy atom. The molecule has 5 nitrogen and oxygen atoms in total. The quantitative estimate of drug-likeness (QED) is 0.304. The van der Waals surface area contributed by atoms with Gasteiger partial charge in [0.05, 0.1) is 30.6 Å². The summed E-state index contributed by atoms with van der Waals surface area (Å²) in [5, 5.41) is 0.975. The summed E-state index contributed by atoms with van der Waals surface area (Å²) in [6.45, 7) is 4.16. The lowest BCUT2D eigenvalue weighted by Crippen LogP contribution is -2.16. The number of para-hydroxylation sites is 1. The molecule has 2 heterocycles. The van der Waals surface area contributed by atoms with Gasteiger partial charge in [-0.2, -0.15) is 0 Å². The summed E-state index contributed by atoms with van der Waals surface area (Å²) in [6, 6.07) is 25.8. The molecule has 2 aliphatic rings. The van der Waals surface area contributed by atoms with E-state index >= 15 is 0 Å². The van der Waals surface area contributed by atoms with Crippen LogP contribution < -0.4 is 4.74 Å². The third kappa shape index (κ3) is 3.61. The van der Waals surface area contributed by atoms with E-state index in [1.807, 2.05) is 66.1 Å². The highest BCUT2D eigenvalue weighted by Gasteiger charge is 2.27. The second-order valence-electron chi connectivity index (χ2n) is 7.89. The van der Waals surface area contributed by atoms with Crippen LogP contribution in [0.15, 0.2) is 78.9 Å². The van der Waals surface area contributed by atoms with Gasteiger partial charge in [-0.3, -0.25) is 0 Å². The zero-order valence-electron chi connectivity index (χ0n) is 18.8. The number of rotatable bonds is 5. The smallest absolute Gasteiger partial charge is 0.355 e. The molecule has 0 saturated heterocycles. The molecule has 0 saturated carbocycles. The van der Waals surface area contributed by atoms with Gasteiger partial charge in [0, 0.05) is 16.6 Å². The first-order valence-electron chi connectivity index (χ1n) is 10.9. The van der Waals surface area contributed by atoms with Gasteiger partial charge in [0.1, 0.15) is 11.4 Å². The number of methoxy groups -OCH3 is 1. The SMILES string of the molecule is CCOC(=O)c1cc(-c2ccc(C)cc2)c2nc3ccccc3c-2n1-c1ccc(OC)cc1. The van der Waals surface area contributed by atoms with Crippen LogP contribution in [-0.4, -0.2) is 29.2 Å². The van der Waals surface area contributed by atoms with Gasteiger partial charge in [0.25, 0.3) is 0 Å². The molecule has 0 amide bonds. The number of carbonyl (C=O) groups excluding carboxylic acids is 1. The zero-order chi connectivity index (χ0) is 22.9. The van der Waals surface area contributed by atoms with Crippen LogP contribution in [0.25, 0.3) is 39.1 Å². The minimum Gasteiger partial charge on any atom is -0.497 e. The van der Waals surface area contributed by atoms with E-state index in [9.17, 15) is 4.79 Å². The summed E-state index contributed by atoms with van der Waals surface area (Å²) in [4.78, 5) is 18.2. The number of aromatic nitrogens is 2. The Morgan fingerprint density at radius 2 is 1.70 bits per heavy atom. The van der Waals surface area contributed by atoms with E-state index < -0.39 is 0 Å². The van der Waals surface area contributed by atoms with Gasteiger partial charge in [-0.25, -0.2) is 9.78 Å². The predicted octanol–water partition coefficient (Wildman–Crippen LogP) is 6.29. The number of fused-ring (bicyclic) bond motifs is 3. The fraction of sp³-hybridized carbons (Fsp3) is 0.143. The molecule has 33 heavy (non-hydrogen) atoms. The second kappa shape index (κ2) is 8.43. The number of ether oxygens (including phenoxy) is 2. The van der Waals surface area contributed by atoms with Crippen molar-refractivity contribution in [1.29, 1.82) is 0 Å². The average molecular weight is 437 g/mol. The summed E-state index contributed by atoms with van der Waals surface area (Å²) < 4.78 is 12.8. The molecular weight excluding hydrogens is 412 g/mol. The molecule has 2 aliphatic heterocycles. The highest BCUT2D eigenvalue weighted by Crippen LogP contribution is 2.41. The summed E-state index contributed by atoms with van der Waals surface area (Å²) >= 11 is 0. The molecule has 0 spiro atoms. The zero-order valence-corrected chi connectivity index (χ0v) is 18.8. The topological polar surface area (TPSA) is 53.3 Å². The highest BCUT2D eigenvalue weighted by molar-refractivity contribution is 6.04. The first kappa shape index (κ1) is 20.8. The molecule has 0 aliphatic carbocycles. The van der Waals surface area contributed by atoms with Gasteiger partial charge >= 0.3 is 5.97 Å². The first-order chi connectivity index (χ1) is 16.1. The minimum atomic E-state index is -0.381. The number of pyridine rings is 1. The molecule has 164 valence electrons. The fourth-order valence-electron chi connectivity index (χ4n) is 4.18. The van der Waals surface area contributed by atoms with Crippen LogP contribution >= 0.6 is 0 Å². The molecule has 0 fully saturated rings. The van der Waals surface area contributed by atoms with Crippen molar-refractivity contribution in [3.8, 4) is 34.0 Å². The van der Waals surface area contributed by atoms with Gasteiger partial charge in [-0.05, 0) is 55.8 Å². The molecule has 0 radical (unpaired) electrons. The number of carbonyl (C=O) groups is 1. The molecule has 0 unspecified atom stereocenters. The largest absolute Gasteiger partial charge is 0.497 e. The van der Waals surface area contributed by atoms with Crippen molar-refractivity contribution in [3.05, 3.63) is 90.1 Å². The molecule has 3 aromatic carbocycles. The van der Waals surface area contributed by atoms with Gasteiger partial charge < -0.3 is 14.0 Å². The van der Waals surface area contributed by atoms with Gasteiger partial charge in [0.15, 0.2) is 0 Å². The Bertz CT molecular complexity index is 1420. The van der Waals surface area contributed by atoms with Crippen LogP contribution in [0.2, 0.25) is 0 Å². The van der Waals surface area contributed by atoms with E-state index in [2.05, 4.69) is 31.2 Å². The molecule has 5 rings (SSSR count). The van der Waals surface area contributed by atoms with Crippen molar-refractivity contribution in [1.82, 2.24) is 9.55 Å². The Hall–Kier alpha value is -4.12. The van der Waals surface area contributed by atoms with Crippen LogP contribution in [-0.2, 0) is 4.74 Å². The molecule has 0 bridgehead atoms. The molecular formula is C28H24N2O3. The number of nitrogens with zero attached hydrogens (tertiary/aromatic N) is 2. The number of benzene rings is 3. The average Bonchev–Trinajstić information content (AvgIpc) is 3.23. The van der Waals surface area contributed by atoms with E-state index in [0.29, 0.717) is 12.3 Å². The third-order valence-corrected chi connectivity index (χ3v) is 5.79. The lowest BCUT2D eigenvalue weighted by atomic mass is 9.98. The summed E-state index contributed by atoms with van der Waals surface area (Å²) in [7, 11) is 1.63. The van der Waals surface area contributed by atoms with Gasteiger partial charge in [0.2, 0.25) is 0 Å². The van der Waals surface area contributed by atoms with E-state index in [0.717, 1.165) is 44.9 Å². The molecule has 0 atom stereocenters. The van der Waals surface area contributed by atoms with Crippen molar-refractivity contribution in [3.63, 3.8) is 0 Å². The predicted molar refractivity (Wildman–Crippen MR) is 130 cm³/mol. The van der Waals surface area contributed by atoms with Crippen molar-refractivity contribution in [2.45, 2.75) is 13.8 Å². The maximum atomic E-state index is 13.2. The summed E-state index contributed by atoms with van der Waals surface area (Å²) in [5.74, 6) is 0.365. The fourth-order valence-corrected chi connectivity index (χ4v) is 4.18. The van der Waals surface area contributed by atoms with Crippen molar-refractivity contribution in [2.24, 2.45) is 0 Å². The van der Waals surface area contributed by atoms with Crippen molar-refractivity contribution < 1.29 is 14.3 Å². The normalized spacial score (nSPS) is 11.1. The third-order valence-electron chi connectivity index (χ3n) is 5.79. The van der Waals surface area contributed by atoms with Gasteiger partial charge in [-0.15, -0.1) is 0 Å². The number of hydrogen-bond donors (Lipinski definition) is 0. The Morgan fingerprint density at radius 3 is 2.39 bits per heavy atom. The monoisotopic (exact) mass is 436 g/mol. The van der Waals surface area contributed by atoms with Crippen molar-refractivity contribution >= 4 is 16.9 Å². The van der Waals surface area contributed by atoms with Crippen LogP contribution in [0.3, 0.4) is 0 Å². The lowest BCUT2D eigenvalue weighted by molar-refractivity contribution is 0.0516. The highest BCUT2D eigenvalue weighted by atomic mass is 16.5. The standard InChI is InChI=1S/C28H24N2O3/c1-4-33-28(31)25-17-23(19-11-9-18(2)10-12-19)26-27(22-7-5-6-8-24(22)29-26)30(25)20-13-15-21(32-3)16-14-20/h5-17H,4H2,1-3H3. The van der Waals surface area contributed by atoms with Gasteiger partial charge in [-0.1, -0.05) is 48.0 Å². The van der Waals surface area contributed by atoms with E-state index in [-0.39, 0.29) is 5.97 Å². The molecule has 3 aromatic rings. The Balaban J connectivity index is 1.90. The van der Waals surface area contributed by atoms with E-state index in [1.165, 1.54) is 5.56 Å². The van der Waals surface area contributed by atoms with Crippen LogP contribution in [0.1, 0.15) is 23.0 Å². The summed E-state index contributed by atoms with van der Waals surface area (Å²) in [5.41, 5.74) is 6.94. The number of aryl methyl sites for hydroxylation is 1. The molecule has 0 aromatic heterocycles. The first-order valence-corrected chi connectivity index (χ1v) is 10.9. The van der Waals surface area contributed by atoms with Crippen LogP contribution in [0.4, 0.5) is 0 Å². The molecule has 5 heteroatoms. The summed E-state index contributed by atoms with van der Waals surface area (Å²) in [6.07, 6.45) is 0.